The standard InChI is InChI=1S/C15H15N5OS/c1-10-4-6-11(7-5-10)20-14(16)13(18-19-20)15(21)17-9-12-3-2-8-22-12/h2-8H,9,16H2,1H3,(H,17,21). The van der Waals surface area contributed by atoms with Gasteiger partial charge in [0.05, 0.1) is 12.2 Å². The molecular formula is C15H15N5OS. The SMILES string of the molecule is Cc1ccc(-n2nnc(C(=O)NCc3cccs3)c2N)cc1. The summed E-state index contributed by atoms with van der Waals surface area (Å²) in [7, 11) is 0. The van der Waals surface area contributed by atoms with Crippen LogP contribution in [0.5, 0.6) is 0 Å². The van der Waals surface area contributed by atoms with Crippen molar-refractivity contribution in [2.45, 2.75) is 13.5 Å². The molecule has 2 heterocycles. The fraction of sp³-hybridized carbons (Fsp3) is 0.133. The summed E-state index contributed by atoms with van der Waals surface area (Å²) in [5, 5.41) is 12.6. The van der Waals surface area contributed by atoms with E-state index in [1.54, 1.807) is 11.3 Å². The zero-order valence-electron chi connectivity index (χ0n) is 12.0. The molecule has 0 fully saturated rings. The third-order valence-electron chi connectivity index (χ3n) is 3.20. The van der Waals surface area contributed by atoms with Gasteiger partial charge in [-0.1, -0.05) is 29.0 Å². The minimum absolute atomic E-state index is 0.136. The first-order valence-corrected chi connectivity index (χ1v) is 7.62. The third-order valence-corrected chi connectivity index (χ3v) is 4.08. The number of rotatable bonds is 4. The van der Waals surface area contributed by atoms with Crippen molar-refractivity contribution >= 4 is 23.1 Å². The normalized spacial score (nSPS) is 10.6. The van der Waals surface area contributed by atoms with Crippen molar-refractivity contribution < 1.29 is 4.79 Å². The van der Waals surface area contributed by atoms with Crippen LogP contribution in [0.4, 0.5) is 5.82 Å². The number of carbonyl (C=O) groups excluding carboxylic acids is 1. The van der Waals surface area contributed by atoms with E-state index in [0.29, 0.717) is 6.54 Å². The predicted octanol–water partition coefficient (Wildman–Crippen LogP) is 2.15. The Bertz CT molecular complexity index is 777. The molecule has 6 nitrogen and oxygen atoms in total. The molecule has 1 aromatic carbocycles. The molecule has 0 aliphatic rings. The Hall–Kier alpha value is -2.67. The number of carbonyl (C=O) groups is 1. The molecule has 2 aromatic heterocycles. The Balaban J connectivity index is 1.77. The molecule has 0 atom stereocenters. The molecule has 1 amide bonds. The summed E-state index contributed by atoms with van der Waals surface area (Å²) >= 11 is 1.58. The summed E-state index contributed by atoms with van der Waals surface area (Å²) in [5.74, 6) is -0.100. The smallest absolute Gasteiger partial charge is 0.276 e. The van der Waals surface area contributed by atoms with Crippen LogP contribution in [0, 0.1) is 6.92 Å². The quantitative estimate of drug-likeness (QED) is 0.773. The van der Waals surface area contributed by atoms with E-state index < -0.39 is 0 Å². The summed E-state index contributed by atoms with van der Waals surface area (Å²) < 4.78 is 1.46. The van der Waals surface area contributed by atoms with Crippen molar-refractivity contribution in [3.05, 3.63) is 57.9 Å². The van der Waals surface area contributed by atoms with Crippen molar-refractivity contribution in [3.63, 3.8) is 0 Å². The number of aryl methyl sites for hydroxylation is 1. The van der Waals surface area contributed by atoms with Gasteiger partial charge in [0.2, 0.25) is 0 Å². The minimum atomic E-state index is -0.329. The zero-order chi connectivity index (χ0) is 15.5. The van der Waals surface area contributed by atoms with Crippen LogP contribution >= 0.6 is 11.3 Å². The Morgan fingerprint density at radius 3 is 2.77 bits per heavy atom. The number of anilines is 1. The van der Waals surface area contributed by atoms with Crippen molar-refractivity contribution in [3.8, 4) is 5.69 Å². The first kappa shape index (κ1) is 14.3. The number of nitrogens with zero attached hydrogens (tertiary/aromatic N) is 3. The highest BCUT2D eigenvalue weighted by Gasteiger charge is 2.18. The maximum atomic E-state index is 12.2. The molecule has 0 spiro atoms. The van der Waals surface area contributed by atoms with Crippen LogP contribution < -0.4 is 11.1 Å². The van der Waals surface area contributed by atoms with Crippen LogP contribution in [0.2, 0.25) is 0 Å². The summed E-state index contributed by atoms with van der Waals surface area (Å²) in [4.78, 5) is 13.2. The molecule has 0 radical (unpaired) electrons. The highest BCUT2D eigenvalue weighted by atomic mass is 32.1. The monoisotopic (exact) mass is 313 g/mol. The van der Waals surface area contributed by atoms with Crippen molar-refractivity contribution in [1.82, 2.24) is 20.3 Å². The van der Waals surface area contributed by atoms with Gasteiger partial charge in [-0.15, -0.1) is 16.4 Å². The molecule has 0 aliphatic heterocycles. The lowest BCUT2D eigenvalue weighted by molar-refractivity contribution is 0.0947. The number of aromatic nitrogens is 3. The van der Waals surface area contributed by atoms with Crippen molar-refractivity contribution in [2.75, 3.05) is 5.73 Å². The van der Waals surface area contributed by atoms with Crippen LogP contribution in [0.15, 0.2) is 41.8 Å². The number of benzene rings is 1. The summed E-state index contributed by atoms with van der Waals surface area (Å²) in [5.41, 5.74) is 8.05. The predicted molar refractivity (Wildman–Crippen MR) is 86.0 cm³/mol. The van der Waals surface area contributed by atoms with Gasteiger partial charge in [-0.3, -0.25) is 4.79 Å². The van der Waals surface area contributed by atoms with Gasteiger partial charge < -0.3 is 11.1 Å². The second-order valence-electron chi connectivity index (χ2n) is 4.83. The average Bonchev–Trinajstić information content (AvgIpc) is 3.15. The molecule has 0 aliphatic carbocycles. The van der Waals surface area contributed by atoms with E-state index in [2.05, 4.69) is 15.6 Å². The number of nitrogen functional groups attached to an aromatic ring is 1. The number of nitrogens with two attached hydrogens (primary N) is 1. The summed E-state index contributed by atoms with van der Waals surface area (Å²) in [6, 6.07) is 11.6. The van der Waals surface area contributed by atoms with Crippen molar-refractivity contribution in [2.24, 2.45) is 0 Å². The lowest BCUT2D eigenvalue weighted by atomic mass is 10.2. The van der Waals surface area contributed by atoms with E-state index >= 15 is 0 Å². The van der Waals surface area contributed by atoms with Crippen LogP contribution in [0.25, 0.3) is 5.69 Å². The second-order valence-corrected chi connectivity index (χ2v) is 5.86. The number of hydrogen-bond acceptors (Lipinski definition) is 5. The van der Waals surface area contributed by atoms with Gasteiger partial charge >= 0.3 is 0 Å². The topological polar surface area (TPSA) is 85.8 Å². The number of hydrogen-bond donors (Lipinski definition) is 2. The van der Waals surface area contributed by atoms with E-state index in [9.17, 15) is 4.79 Å². The van der Waals surface area contributed by atoms with Crippen LogP contribution in [-0.4, -0.2) is 20.9 Å². The number of amides is 1. The highest BCUT2D eigenvalue weighted by Crippen LogP contribution is 2.16. The van der Waals surface area contributed by atoms with Gasteiger partial charge in [0.25, 0.3) is 5.91 Å². The number of nitrogens with one attached hydrogen (secondary N) is 1. The molecule has 112 valence electrons. The Morgan fingerprint density at radius 2 is 2.09 bits per heavy atom. The van der Waals surface area contributed by atoms with E-state index in [-0.39, 0.29) is 17.4 Å². The fourth-order valence-electron chi connectivity index (χ4n) is 1.99. The molecule has 0 saturated carbocycles. The van der Waals surface area contributed by atoms with Gasteiger partial charge in [0.15, 0.2) is 11.5 Å². The van der Waals surface area contributed by atoms with E-state index in [4.69, 9.17) is 5.73 Å². The second kappa shape index (κ2) is 5.98. The molecule has 0 saturated heterocycles. The van der Waals surface area contributed by atoms with Crippen LogP contribution in [0.1, 0.15) is 20.9 Å². The largest absolute Gasteiger partial charge is 0.382 e. The molecular weight excluding hydrogens is 298 g/mol. The summed E-state index contributed by atoms with van der Waals surface area (Å²) in [6.07, 6.45) is 0. The first-order chi connectivity index (χ1) is 10.6. The molecule has 0 unspecified atom stereocenters. The number of thiophene rings is 1. The average molecular weight is 313 g/mol. The lowest BCUT2D eigenvalue weighted by Gasteiger charge is -2.04. The molecule has 3 N–H and O–H groups in total. The molecule has 3 rings (SSSR count). The van der Waals surface area contributed by atoms with Gasteiger partial charge in [-0.05, 0) is 30.5 Å². The third kappa shape index (κ3) is 2.84. The molecule has 0 bridgehead atoms. The van der Waals surface area contributed by atoms with Gasteiger partial charge in [0.1, 0.15) is 0 Å². The maximum Gasteiger partial charge on any atom is 0.276 e. The fourth-order valence-corrected chi connectivity index (χ4v) is 2.64. The molecule has 22 heavy (non-hydrogen) atoms. The minimum Gasteiger partial charge on any atom is -0.382 e. The maximum absolute atomic E-state index is 12.2. The van der Waals surface area contributed by atoms with Crippen LogP contribution in [0.3, 0.4) is 0 Å². The summed E-state index contributed by atoms with van der Waals surface area (Å²) in [6.45, 7) is 2.45. The highest BCUT2D eigenvalue weighted by molar-refractivity contribution is 7.09. The Labute approximate surface area is 131 Å². The van der Waals surface area contributed by atoms with E-state index in [0.717, 1.165) is 16.1 Å². The molecule has 7 heteroatoms. The lowest BCUT2D eigenvalue weighted by Crippen LogP contribution is -2.23. The van der Waals surface area contributed by atoms with Gasteiger partial charge in [-0.2, -0.15) is 4.68 Å². The van der Waals surface area contributed by atoms with E-state index in [1.165, 1.54) is 4.68 Å². The van der Waals surface area contributed by atoms with Crippen molar-refractivity contribution in [1.29, 1.82) is 0 Å². The Morgan fingerprint density at radius 1 is 1.32 bits per heavy atom. The van der Waals surface area contributed by atoms with Gasteiger partial charge in [0, 0.05) is 4.88 Å². The molecule has 3 aromatic rings. The van der Waals surface area contributed by atoms with E-state index in [1.807, 2.05) is 48.7 Å². The van der Waals surface area contributed by atoms with Crippen LogP contribution in [-0.2, 0) is 6.54 Å². The first-order valence-electron chi connectivity index (χ1n) is 6.74. The van der Waals surface area contributed by atoms with Gasteiger partial charge in [-0.25, -0.2) is 0 Å². The zero-order valence-corrected chi connectivity index (χ0v) is 12.8. The Kier molecular flexibility index (Phi) is 3.88.